The summed E-state index contributed by atoms with van der Waals surface area (Å²) in [6.45, 7) is 2.64. The van der Waals surface area contributed by atoms with Gasteiger partial charge in [-0.3, -0.25) is 5.10 Å². The molecule has 0 aliphatic rings. The molecular formula is C13H16N4O2. The average molecular weight is 260 g/mol. The Labute approximate surface area is 111 Å². The van der Waals surface area contributed by atoms with E-state index in [0.29, 0.717) is 19.0 Å². The molecule has 0 saturated carbocycles. The fourth-order valence-electron chi connectivity index (χ4n) is 1.71. The maximum atomic E-state index is 11.5. The molecule has 1 aromatic heterocycles. The van der Waals surface area contributed by atoms with Gasteiger partial charge in [0, 0.05) is 5.56 Å². The van der Waals surface area contributed by atoms with Gasteiger partial charge in [-0.1, -0.05) is 18.2 Å². The number of carbonyl (C=O) groups is 1. The van der Waals surface area contributed by atoms with Crippen LogP contribution in [0, 0.1) is 0 Å². The Morgan fingerprint density at radius 2 is 2.32 bits per heavy atom. The van der Waals surface area contributed by atoms with E-state index in [9.17, 15) is 4.79 Å². The molecule has 1 aromatic carbocycles. The lowest BCUT2D eigenvalue weighted by molar-refractivity contribution is 0.0512. The van der Waals surface area contributed by atoms with Gasteiger partial charge in [0.2, 0.25) is 5.82 Å². The predicted octanol–water partition coefficient (Wildman–Crippen LogP) is 1.15. The third kappa shape index (κ3) is 3.17. The first-order valence-electron chi connectivity index (χ1n) is 6.13. The molecule has 0 amide bonds. The molecule has 6 nitrogen and oxygen atoms in total. The highest BCUT2D eigenvalue weighted by atomic mass is 16.5. The van der Waals surface area contributed by atoms with Gasteiger partial charge in [-0.15, -0.1) is 0 Å². The van der Waals surface area contributed by atoms with Gasteiger partial charge in [-0.05, 0) is 31.5 Å². The molecule has 1 heterocycles. The van der Waals surface area contributed by atoms with Crippen molar-refractivity contribution in [3.05, 3.63) is 35.7 Å². The van der Waals surface area contributed by atoms with Crippen LogP contribution in [0.25, 0.3) is 11.4 Å². The molecule has 0 bridgehead atoms. The smallest absolute Gasteiger partial charge is 0.375 e. The Kier molecular flexibility index (Phi) is 4.25. The molecule has 0 saturated heterocycles. The largest absolute Gasteiger partial charge is 0.460 e. The Balaban J connectivity index is 2.22. The summed E-state index contributed by atoms with van der Waals surface area (Å²) in [5.41, 5.74) is 7.49. The summed E-state index contributed by atoms with van der Waals surface area (Å²) in [4.78, 5) is 15.6. The van der Waals surface area contributed by atoms with Gasteiger partial charge in [0.25, 0.3) is 0 Å². The standard InChI is InChI=1S/C13H16N4O2/c1-2-19-13(18)12-15-11(16-17-12)10-5-3-4-9(8-10)6-7-14/h3-5,8H,2,6-7,14H2,1H3,(H,15,16,17). The van der Waals surface area contributed by atoms with Crippen LogP contribution in [0.4, 0.5) is 0 Å². The minimum absolute atomic E-state index is 0.112. The van der Waals surface area contributed by atoms with Crippen molar-refractivity contribution in [3.63, 3.8) is 0 Å². The van der Waals surface area contributed by atoms with E-state index in [0.717, 1.165) is 17.5 Å². The monoisotopic (exact) mass is 260 g/mol. The molecule has 19 heavy (non-hydrogen) atoms. The molecule has 3 N–H and O–H groups in total. The molecule has 0 unspecified atom stereocenters. The van der Waals surface area contributed by atoms with Crippen molar-refractivity contribution in [2.24, 2.45) is 5.73 Å². The summed E-state index contributed by atoms with van der Waals surface area (Å²) in [7, 11) is 0. The molecule has 0 fully saturated rings. The SMILES string of the molecule is CCOC(=O)c1nc(-c2cccc(CCN)c2)n[nH]1. The zero-order chi connectivity index (χ0) is 13.7. The Bertz CT molecular complexity index is 565. The van der Waals surface area contributed by atoms with Crippen molar-refractivity contribution < 1.29 is 9.53 Å². The zero-order valence-electron chi connectivity index (χ0n) is 10.7. The number of carbonyl (C=O) groups excluding carboxylic acids is 1. The number of hydrogen-bond acceptors (Lipinski definition) is 5. The van der Waals surface area contributed by atoms with E-state index in [1.807, 2.05) is 24.3 Å². The number of hydrogen-bond donors (Lipinski definition) is 2. The number of aromatic amines is 1. The number of aromatic nitrogens is 3. The highest BCUT2D eigenvalue weighted by Crippen LogP contribution is 2.16. The summed E-state index contributed by atoms with van der Waals surface area (Å²) in [5.74, 6) is 0.0855. The molecule has 2 rings (SSSR count). The minimum Gasteiger partial charge on any atom is -0.460 e. The molecule has 0 aliphatic carbocycles. The number of nitrogens with zero attached hydrogens (tertiary/aromatic N) is 2. The van der Waals surface area contributed by atoms with Gasteiger partial charge in [0.05, 0.1) is 6.61 Å². The first-order chi connectivity index (χ1) is 9.24. The lowest BCUT2D eigenvalue weighted by atomic mass is 10.1. The molecule has 0 atom stereocenters. The van der Waals surface area contributed by atoms with E-state index in [1.165, 1.54) is 0 Å². The third-order valence-corrected chi connectivity index (χ3v) is 2.57. The lowest BCUT2D eigenvalue weighted by Crippen LogP contribution is -2.06. The molecule has 0 aliphatic heterocycles. The molecule has 100 valence electrons. The second-order valence-corrected chi connectivity index (χ2v) is 3.97. The van der Waals surface area contributed by atoms with Gasteiger partial charge < -0.3 is 10.5 Å². The van der Waals surface area contributed by atoms with Crippen LogP contribution < -0.4 is 5.73 Å². The number of nitrogens with two attached hydrogens (primary N) is 1. The van der Waals surface area contributed by atoms with E-state index in [1.54, 1.807) is 6.92 Å². The number of esters is 1. The van der Waals surface area contributed by atoms with Crippen molar-refractivity contribution in [2.45, 2.75) is 13.3 Å². The fraction of sp³-hybridized carbons (Fsp3) is 0.308. The Morgan fingerprint density at radius 1 is 1.47 bits per heavy atom. The third-order valence-electron chi connectivity index (χ3n) is 2.57. The number of rotatable bonds is 5. The molecular weight excluding hydrogens is 244 g/mol. The number of H-pyrrole nitrogens is 1. The summed E-state index contributed by atoms with van der Waals surface area (Å²) in [6.07, 6.45) is 0.795. The van der Waals surface area contributed by atoms with E-state index < -0.39 is 5.97 Å². The van der Waals surface area contributed by atoms with E-state index in [-0.39, 0.29) is 5.82 Å². The normalized spacial score (nSPS) is 10.4. The predicted molar refractivity (Wildman–Crippen MR) is 70.5 cm³/mol. The van der Waals surface area contributed by atoms with Crippen LogP contribution >= 0.6 is 0 Å². The second-order valence-electron chi connectivity index (χ2n) is 3.97. The van der Waals surface area contributed by atoms with Gasteiger partial charge in [-0.25, -0.2) is 9.78 Å². The summed E-state index contributed by atoms with van der Waals surface area (Å²) < 4.78 is 4.85. The van der Waals surface area contributed by atoms with Crippen LogP contribution in [0.1, 0.15) is 23.1 Å². The van der Waals surface area contributed by atoms with Crippen molar-refractivity contribution >= 4 is 5.97 Å². The van der Waals surface area contributed by atoms with Crippen molar-refractivity contribution in [2.75, 3.05) is 13.2 Å². The van der Waals surface area contributed by atoms with Crippen molar-refractivity contribution in [1.29, 1.82) is 0 Å². The lowest BCUT2D eigenvalue weighted by Gasteiger charge is -2.00. The minimum atomic E-state index is -0.501. The summed E-state index contributed by atoms with van der Waals surface area (Å²) >= 11 is 0. The molecule has 6 heteroatoms. The Hall–Kier alpha value is -2.21. The summed E-state index contributed by atoms with van der Waals surface area (Å²) in [5, 5.41) is 6.60. The van der Waals surface area contributed by atoms with Crippen LogP contribution in [0.15, 0.2) is 24.3 Å². The van der Waals surface area contributed by atoms with Gasteiger partial charge in [0.1, 0.15) is 0 Å². The van der Waals surface area contributed by atoms with Crippen LogP contribution in [0.5, 0.6) is 0 Å². The highest BCUT2D eigenvalue weighted by molar-refractivity contribution is 5.85. The van der Waals surface area contributed by atoms with Crippen LogP contribution in [0.3, 0.4) is 0 Å². The van der Waals surface area contributed by atoms with Gasteiger partial charge in [-0.2, -0.15) is 5.10 Å². The van der Waals surface area contributed by atoms with E-state index in [4.69, 9.17) is 10.5 Å². The van der Waals surface area contributed by atoms with Gasteiger partial charge in [0.15, 0.2) is 5.82 Å². The first-order valence-corrected chi connectivity index (χ1v) is 6.13. The van der Waals surface area contributed by atoms with Crippen molar-refractivity contribution in [1.82, 2.24) is 15.2 Å². The van der Waals surface area contributed by atoms with Crippen LogP contribution in [0.2, 0.25) is 0 Å². The first kappa shape index (κ1) is 13.2. The maximum Gasteiger partial charge on any atom is 0.375 e. The van der Waals surface area contributed by atoms with Crippen molar-refractivity contribution in [3.8, 4) is 11.4 Å². The van der Waals surface area contributed by atoms with E-state index in [2.05, 4.69) is 15.2 Å². The number of ether oxygens (including phenoxy) is 1. The van der Waals surface area contributed by atoms with Gasteiger partial charge >= 0.3 is 5.97 Å². The fourth-order valence-corrected chi connectivity index (χ4v) is 1.71. The van der Waals surface area contributed by atoms with E-state index >= 15 is 0 Å². The molecule has 2 aromatic rings. The van der Waals surface area contributed by atoms with Crippen LogP contribution in [-0.2, 0) is 11.2 Å². The number of nitrogens with one attached hydrogen (secondary N) is 1. The quantitative estimate of drug-likeness (QED) is 0.786. The zero-order valence-corrected chi connectivity index (χ0v) is 10.7. The number of benzene rings is 1. The van der Waals surface area contributed by atoms with Crippen LogP contribution in [-0.4, -0.2) is 34.3 Å². The highest BCUT2D eigenvalue weighted by Gasteiger charge is 2.13. The second kappa shape index (κ2) is 6.10. The molecule has 0 spiro atoms. The molecule has 0 radical (unpaired) electrons. The average Bonchev–Trinajstić information content (AvgIpc) is 2.89. The maximum absolute atomic E-state index is 11.5. The summed E-state index contributed by atoms with van der Waals surface area (Å²) in [6, 6.07) is 7.76. The topological polar surface area (TPSA) is 93.9 Å². The Morgan fingerprint density at radius 3 is 3.05 bits per heavy atom.